The molecule has 3 rings (SSSR count). The lowest BCUT2D eigenvalue weighted by molar-refractivity contribution is 0.284. The summed E-state index contributed by atoms with van der Waals surface area (Å²) in [5, 5.41) is 7.06. The zero-order valence-electron chi connectivity index (χ0n) is 13.0. The predicted molar refractivity (Wildman–Crippen MR) is 85.1 cm³/mol. The fraction of sp³-hybridized carbons (Fsp3) is 0.750. The van der Waals surface area contributed by atoms with Crippen LogP contribution in [0.2, 0.25) is 0 Å². The number of fused-ring (bicyclic) bond motifs is 1. The smallest absolute Gasteiger partial charge is 0.318 e. The zero-order chi connectivity index (χ0) is 14.5. The van der Waals surface area contributed by atoms with E-state index in [-0.39, 0.29) is 0 Å². The van der Waals surface area contributed by atoms with Crippen LogP contribution in [-0.4, -0.2) is 29.2 Å². The maximum absolute atomic E-state index is 5.73. The number of rotatable bonds is 6. The summed E-state index contributed by atoms with van der Waals surface area (Å²) in [6.45, 7) is 3.87. The van der Waals surface area contributed by atoms with E-state index in [0.717, 1.165) is 49.4 Å². The van der Waals surface area contributed by atoms with Crippen LogP contribution in [-0.2, 0) is 6.42 Å². The highest BCUT2D eigenvalue weighted by Crippen LogP contribution is 2.32. The van der Waals surface area contributed by atoms with Crippen LogP contribution in [0.5, 0.6) is 6.01 Å². The van der Waals surface area contributed by atoms with Gasteiger partial charge in [0, 0.05) is 12.6 Å². The lowest BCUT2D eigenvalue weighted by Crippen LogP contribution is -2.22. The summed E-state index contributed by atoms with van der Waals surface area (Å²) in [4.78, 5) is 9.20. The quantitative estimate of drug-likeness (QED) is 0.787. The molecule has 0 saturated heterocycles. The van der Waals surface area contributed by atoms with E-state index >= 15 is 0 Å². The van der Waals surface area contributed by atoms with Crippen LogP contribution < -0.4 is 15.4 Å². The maximum Gasteiger partial charge on any atom is 0.318 e. The first-order valence-electron chi connectivity index (χ1n) is 8.41. The Kier molecular flexibility index (Phi) is 4.78. The van der Waals surface area contributed by atoms with Gasteiger partial charge in [0.1, 0.15) is 0 Å². The normalized spacial score (nSPS) is 18.1. The molecule has 1 saturated carbocycles. The van der Waals surface area contributed by atoms with E-state index in [1.54, 1.807) is 0 Å². The monoisotopic (exact) mass is 290 g/mol. The summed E-state index contributed by atoms with van der Waals surface area (Å²) in [7, 11) is 0. The molecule has 116 valence electrons. The molecule has 1 aromatic heterocycles. The predicted octanol–water partition coefficient (Wildman–Crippen LogP) is 3.37. The molecule has 0 spiro atoms. The van der Waals surface area contributed by atoms with Gasteiger partial charge in [0.25, 0.3) is 0 Å². The summed E-state index contributed by atoms with van der Waals surface area (Å²) in [5.74, 6) is 0.943. The number of anilines is 2. The van der Waals surface area contributed by atoms with Crippen molar-refractivity contribution in [2.75, 3.05) is 23.8 Å². The van der Waals surface area contributed by atoms with Crippen molar-refractivity contribution in [1.29, 1.82) is 0 Å². The first kappa shape index (κ1) is 14.4. The first-order valence-corrected chi connectivity index (χ1v) is 8.41. The number of hydrogen-bond donors (Lipinski definition) is 2. The standard InChI is InChI=1S/C16H26N4O/c1-2-3-11-21-16-19-13-9-6-10-17-14(13)15(20-16)18-12-7-4-5-8-12/h12,17H,2-11H2,1H3,(H,18,19,20). The zero-order valence-corrected chi connectivity index (χ0v) is 13.0. The van der Waals surface area contributed by atoms with E-state index in [1.165, 1.54) is 25.7 Å². The molecule has 1 aromatic rings. The second kappa shape index (κ2) is 6.96. The van der Waals surface area contributed by atoms with Crippen molar-refractivity contribution >= 4 is 11.5 Å². The third kappa shape index (κ3) is 3.57. The molecule has 0 bridgehead atoms. The molecule has 5 nitrogen and oxygen atoms in total. The van der Waals surface area contributed by atoms with E-state index in [0.29, 0.717) is 18.7 Å². The molecule has 0 atom stereocenters. The summed E-state index contributed by atoms with van der Waals surface area (Å²) in [5.41, 5.74) is 2.19. The fourth-order valence-corrected chi connectivity index (χ4v) is 3.06. The molecule has 5 heteroatoms. The van der Waals surface area contributed by atoms with Crippen molar-refractivity contribution in [2.45, 2.75) is 64.3 Å². The summed E-state index contributed by atoms with van der Waals surface area (Å²) < 4.78 is 5.73. The molecule has 2 N–H and O–H groups in total. The molecule has 1 aliphatic heterocycles. The molecule has 21 heavy (non-hydrogen) atoms. The van der Waals surface area contributed by atoms with E-state index < -0.39 is 0 Å². The Hall–Kier alpha value is -1.52. The highest BCUT2D eigenvalue weighted by atomic mass is 16.5. The Morgan fingerprint density at radius 1 is 1.24 bits per heavy atom. The van der Waals surface area contributed by atoms with Crippen molar-refractivity contribution in [3.05, 3.63) is 5.69 Å². The van der Waals surface area contributed by atoms with E-state index in [4.69, 9.17) is 4.74 Å². The molecule has 1 aliphatic carbocycles. The van der Waals surface area contributed by atoms with Gasteiger partial charge in [-0.05, 0) is 32.1 Å². The molecule has 0 amide bonds. The lowest BCUT2D eigenvalue weighted by Gasteiger charge is -2.23. The van der Waals surface area contributed by atoms with Gasteiger partial charge >= 0.3 is 6.01 Å². The Morgan fingerprint density at radius 3 is 2.90 bits per heavy atom. The molecule has 0 aromatic carbocycles. The van der Waals surface area contributed by atoms with E-state index in [1.807, 2.05) is 0 Å². The van der Waals surface area contributed by atoms with E-state index in [2.05, 4.69) is 27.5 Å². The highest BCUT2D eigenvalue weighted by molar-refractivity contribution is 5.68. The number of aryl methyl sites for hydroxylation is 1. The van der Waals surface area contributed by atoms with Gasteiger partial charge in [-0.1, -0.05) is 26.2 Å². The van der Waals surface area contributed by atoms with Crippen LogP contribution in [0.4, 0.5) is 11.5 Å². The molecular formula is C16H26N4O. The molecule has 2 heterocycles. The molecule has 1 fully saturated rings. The second-order valence-corrected chi connectivity index (χ2v) is 6.03. The summed E-state index contributed by atoms with van der Waals surface area (Å²) >= 11 is 0. The number of hydrogen-bond acceptors (Lipinski definition) is 5. The van der Waals surface area contributed by atoms with E-state index in [9.17, 15) is 0 Å². The third-order valence-electron chi connectivity index (χ3n) is 4.28. The molecule has 2 aliphatic rings. The molecule has 0 unspecified atom stereocenters. The van der Waals surface area contributed by atoms with Crippen LogP contribution in [0.25, 0.3) is 0 Å². The fourth-order valence-electron chi connectivity index (χ4n) is 3.06. The minimum Gasteiger partial charge on any atom is -0.463 e. The van der Waals surface area contributed by atoms with Crippen LogP contribution in [0, 0.1) is 0 Å². The minimum absolute atomic E-state index is 0.534. The van der Waals surface area contributed by atoms with Gasteiger partial charge in [0.2, 0.25) is 0 Å². The Morgan fingerprint density at radius 2 is 2.10 bits per heavy atom. The SMILES string of the molecule is CCCCOc1nc2c(c(NC3CCCC3)n1)NCCC2. The van der Waals surface area contributed by atoms with Crippen LogP contribution in [0.3, 0.4) is 0 Å². The largest absolute Gasteiger partial charge is 0.463 e. The van der Waals surface area contributed by atoms with Gasteiger partial charge < -0.3 is 15.4 Å². The number of nitrogens with zero attached hydrogens (tertiary/aromatic N) is 2. The molecular weight excluding hydrogens is 264 g/mol. The van der Waals surface area contributed by atoms with Crippen LogP contribution in [0.15, 0.2) is 0 Å². The topological polar surface area (TPSA) is 59.1 Å². The Bertz CT molecular complexity index is 472. The van der Waals surface area contributed by atoms with Gasteiger partial charge in [-0.3, -0.25) is 0 Å². The summed E-state index contributed by atoms with van der Waals surface area (Å²) in [6, 6.07) is 1.09. The molecule has 0 radical (unpaired) electrons. The van der Waals surface area contributed by atoms with Crippen molar-refractivity contribution in [2.24, 2.45) is 0 Å². The summed E-state index contributed by atoms with van der Waals surface area (Å²) in [6.07, 6.45) is 9.42. The maximum atomic E-state index is 5.73. The first-order chi connectivity index (χ1) is 10.4. The van der Waals surface area contributed by atoms with Crippen molar-refractivity contribution in [3.8, 4) is 6.01 Å². The number of nitrogens with one attached hydrogen (secondary N) is 2. The number of unbranched alkanes of at least 4 members (excludes halogenated alkanes) is 1. The van der Waals surface area contributed by atoms with Crippen molar-refractivity contribution in [3.63, 3.8) is 0 Å². The van der Waals surface area contributed by atoms with Gasteiger partial charge in [-0.2, -0.15) is 9.97 Å². The second-order valence-electron chi connectivity index (χ2n) is 6.03. The van der Waals surface area contributed by atoms with Crippen molar-refractivity contribution in [1.82, 2.24) is 9.97 Å². The van der Waals surface area contributed by atoms with Crippen LogP contribution in [0.1, 0.15) is 57.6 Å². The Balaban J connectivity index is 1.78. The highest BCUT2D eigenvalue weighted by Gasteiger charge is 2.22. The van der Waals surface area contributed by atoms with Gasteiger partial charge in [0.15, 0.2) is 5.82 Å². The minimum atomic E-state index is 0.534. The number of ether oxygens (including phenoxy) is 1. The Labute approximate surface area is 126 Å². The van der Waals surface area contributed by atoms with Gasteiger partial charge in [0.05, 0.1) is 18.0 Å². The lowest BCUT2D eigenvalue weighted by atomic mass is 10.1. The van der Waals surface area contributed by atoms with Gasteiger partial charge in [-0.15, -0.1) is 0 Å². The average Bonchev–Trinajstić information content (AvgIpc) is 3.01. The average molecular weight is 290 g/mol. The third-order valence-corrected chi connectivity index (χ3v) is 4.28. The van der Waals surface area contributed by atoms with Crippen LogP contribution >= 0.6 is 0 Å². The van der Waals surface area contributed by atoms with Crippen molar-refractivity contribution < 1.29 is 4.74 Å². The number of aromatic nitrogens is 2. The van der Waals surface area contributed by atoms with Gasteiger partial charge in [-0.25, -0.2) is 0 Å².